The van der Waals surface area contributed by atoms with Crippen LogP contribution in [0.3, 0.4) is 0 Å². The average molecular weight is 527 g/mol. The van der Waals surface area contributed by atoms with E-state index in [0.29, 0.717) is 12.5 Å². The van der Waals surface area contributed by atoms with Gasteiger partial charge in [0.05, 0.1) is 5.69 Å². The minimum absolute atomic E-state index is 0.200. The van der Waals surface area contributed by atoms with E-state index < -0.39 is 23.9 Å². The fraction of sp³-hybridized carbons (Fsp3) is 0.143. The lowest BCUT2D eigenvalue weighted by molar-refractivity contribution is -0.140. The molecule has 2 aromatic heterocycles. The van der Waals surface area contributed by atoms with Crippen LogP contribution in [-0.2, 0) is 16.1 Å². The molecule has 11 nitrogen and oxygen atoms in total. The van der Waals surface area contributed by atoms with Gasteiger partial charge in [-0.3, -0.25) is 14.6 Å². The summed E-state index contributed by atoms with van der Waals surface area (Å²) >= 11 is 0. The number of nitrogens with zero attached hydrogens (tertiary/aromatic N) is 3. The van der Waals surface area contributed by atoms with Gasteiger partial charge in [0.15, 0.2) is 0 Å². The molecule has 4 aromatic rings. The van der Waals surface area contributed by atoms with Crippen molar-refractivity contribution in [3.8, 4) is 11.3 Å². The van der Waals surface area contributed by atoms with Crippen LogP contribution in [0.2, 0.25) is 0 Å². The van der Waals surface area contributed by atoms with E-state index in [1.54, 1.807) is 42.9 Å². The number of aromatic nitrogens is 3. The molecule has 0 bridgehead atoms. The van der Waals surface area contributed by atoms with E-state index in [0.717, 1.165) is 28.2 Å². The molecule has 0 aliphatic carbocycles. The van der Waals surface area contributed by atoms with E-state index in [1.165, 1.54) is 0 Å². The van der Waals surface area contributed by atoms with Gasteiger partial charge in [-0.05, 0) is 60.5 Å². The second-order valence-electron chi connectivity index (χ2n) is 8.56. The molecule has 198 valence electrons. The minimum atomic E-state index is -1.28. The fourth-order valence-corrected chi connectivity index (χ4v) is 3.67. The van der Waals surface area contributed by atoms with E-state index in [2.05, 4.69) is 30.9 Å². The topological polar surface area (TPSA) is 166 Å². The maximum atomic E-state index is 12.4. The Morgan fingerprint density at radius 3 is 2.41 bits per heavy atom. The number of nitrogens with one attached hydrogen (secondary N) is 3. The first kappa shape index (κ1) is 26.7. The standard InChI is InChI=1S/C28H26N6O5/c35-25(36)11-10-24(27(38)39)33-26(37)19-8-6-18(7-9-19)16-31-21-4-1-5-22(15-21)32-28-30-14-12-23(34-28)20-3-2-13-29-17-20/h1-9,12-15,17,24,31H,10-11,16H2,(H,33,37)(H,35,36)(H,38,39)(H,30,32,34). The van der Waals surface area contributed by atoms with Crippen molar-refractivity contribution < 1.29 is 24.6 Å². The van der Waals surface area contributed by atoms with E-state index in [9.17, 15) is 19.5 Å². The summed E-state index contributed by atoms with van der Waals surface area (Å²) in [6, 6.07) is 18.7. The summed E-state index contributed by atoms with van der Waals surface area (Å²) in [4.78, 5) is 47.5. The number of hydrogen-bond donors (Lipinski definition) is 5. The Morgan fingerprint density at radius 1 is 0.897 bits per heavy atom. The number of carbonyl (C=O) groups is 3. The van der Waals surface area contributed by atoms with Crippen LogP contribution in [0.15, 0.2) is 85.3 Å². The number of hydrogen-bond acceptors (Lipinski definition) is 8. The Balaban J connectivity index is 1.33. The number of benzene rings is 2. The van der Waals surface area contributed by atoms with Crippen molar-refractivity contribution in [2.24, 2.45) is 0 Å². The number of carboxylic acids is 2. The summed E-state index contributed by atoms with van der Waals surface area (Å²) < 4.78 is 0. The number of anilines is 3. The van der Waals surface area contributed by atoms with E-state index >= 15 is 0 Å². The van der Waals surface area contributed by atoms with Crippen LogP contribution in [0.5, 0.6) is 0 Å². The number of carbonyl (C=O) groups excluding carboxylic acids is 1. The van der Waals surface area contributed by atoms with Gasteiger partial charge in [0.2, 0.25) is 5.95 Å². The lowest BCUT2D eigenvalue weighted by Gasteiger charge is -2.14. The van der Waals surface area contributed by atoms with Crippen molar-refractivity contribution in [2.75, 3.05) is 10.6 Å². The molecular weight excluding hydrogens is 500 g/mol. The Morgan fingerprint density at radius 2 is 1.69 bits per heavy atom. The number of aliphatic carboxylic acids is 2. The normalized spacial score (nSPS) is 11.3. The first-order valence-corrected chi connectivity index (χ1v) is 12.1. The maximum absolute atomic E-state index is 12.4. The summed E-state index contributed by atoms with van der Waals surface area (Å²) in [5, 5.41) is 26.9. The van der Waals surface area contributed by atoms with Gasteiger partial charge in [-0.25, -0.2) is 14.8 Å². The van der Waals surface area contributed by atoms with Gasteiger partial charge in [-0.2, -0.15) is 0 Å². The number of pyridine rings is 1. The molecule has 11 heteroatoms. The van der Waals surface area contributed by atoms with E-state index in [-0.39, 0.29) is 18.4 Å². The van der Waals surface area contributed by atoms with Gasteiger partial charge in [0.25, 0.3) is 5.91 Å². The predicted molar refractivity (Wildman–Crippen MR) is 145 cm³/mol. The molecule has 0 spiro atoms. The van der Waals surface area contributed by atoms with Crippen molar-refractivity contribution in [3.63, 3.8) is 0 Å². The molecule has 4 rings (SSSR count). The van der Waals surface area contributed by atoms with Crippen LogP contribution in [0.25, 0.3) is 11.3 Å². The molecule has 1 amide bonds. The SMILES string of the molecule is O=C(O)CCC(NC(=O)c1ccc(CNc2cccc(Nc3nccc(-c4cccnc4)n3)c2)cc1)C(=O)O. The molecule has 2 heterocycles. The van der Waals surface area contributed by atoms with Crippen LogP contribution in [-0.4, -0.2) is 49.1 Å². The molecule has 2 aromatic carbocycles. The second-order valence-corrected chi connectivity index (χ2v) is 8.56. The Hall–Kier alpha value is -5.32. The third kappa shape index (κ3) is 7.83. The van der Waals surface area contributed by atoms with Crippen molar-refractivity contribution >= 4 is 35.2 Å². The molecule has 0 saturated heterocycles. The number of carboxylic acid groups (broad SMARTS) is 2. The highest BCUT2D eigenvalue weighted by Gasteiger charge is 2.21. The summed E-state index contributed by atoms with van der Waals surface area (Å²) in [7, 11) is 0. The van der Waals surface area contributed by atoms with Crippen molar-refractivity contribution in [1.29, 1.82) is 0 Å². The van der Waals surface area contributed by atoms with Gasteiger partial charge in [-0.15, -0.1) is 0 Å². The predicted octanol–water partition coefficient (Wildman–Crippen LogP) is 3.94. The monoisotopic (exact) mass is 526 g/mol. The zero-order valence-corrected chi connectivity index (χ0v) is 20.7. The maximum Gasteiger partial charge on any atom is 0.326 e. The zero-order chi connectivity index (χ0) is 27.6. The van der Waals surface area contributed by atoms with Gasteiger partial charge in [0, 0.05) is 54.1 Å². The first-order chi connectivity index (χ1) is 18.9. The van der Waals surface area contributed by atoms with Crippen LogP contribution in [0.1, 0.15) is 28.8 Å². The quantitative estimate of drug-likeness (QED) is 0.182. The van der Waals surface area contributed by atoms with E-state index in [4.69, 9.17) is 5.11 Å². The van der Waals surface area contributed by atoms with Crippen molar-refractivity contribution in [2.45, 2.75) is 25.4 Å². The molecule has 0 aliphatic heterocycles. The van der Waals surface area contributed by atoms with Gasteiger partial charge < -0.3 is 26.2 Å². The smallest absolute Gasteiger partial charge is 0.326 e. The average Bonchev–Trinajstić information content (AvgIpc) is 2.95. The van der Waals surface area contributed by atoms with Gasteiger partial charge in [-0.1, -0.05) is 18.2 Å². The van der Waals surface area contributed by atoms with E-state index in [1.807, 2.05) is 42.5 Å². The lowest BCUT2D eigenvalue weighted by Crippen LogP contribution is -2.41. The summed E-state index contributed by atoms with van der Waals surface area (Å²) in [5.41, 5.74) is 4.48. The van der Waals surface area contributed by atoms with Crippen LogP contribution in [0, 0.1) is 0 Å². The molecule has 1 atom stereocenters. The minimum Gasteiger partial charge on any atom is -0.481 e. The lowest BCUT2D eigenvalue weighted by atomic mass is 10.1. The van der Waals surface area contributed by atoms with Crippen LogP contribution >= 0.6 is 0 Å². The van der Waals surface area contributed by atoms with Gasteiger partial charge >= 0.3 is 11.9 Å². The number of rotatable bonds is 12. The molecule has 39 heavy (non-hydrogen) atoms. The Kier molecular flexibility index (Phi) is 8.75. The molecule has 0 fully saturated rings. The first-order valence-electron chi connectivity index (χ1n) is 12.1. The fourth-order valence-electron chi connectivity index (χ4n) is 3.67. The van der Waals surface area contributed by atoms with Crippen LogP contribution in [0.4, 0.5) is 17.3 Å². The Bertz CT molecular complexity index is 1450. The molecule has 0 saturated carbocycles. The molecule has 1 unspecified atom stereocenters. The second kappa shape index (κ2) is 12.8. The highest BCUT2D eigenvalue weighted by atomic mass is 16.4. The third-order valence-corrected chi connectivity index (χ3v) is 5.69. The van der Waals surface area contributed by atoms with Gasteiger partial charge in [0.1, 0.15) is 6.04 Å². The summed E-state index contributed by atoms with van der Waals surface area (Å²) in [6.07, 6.45) is 4.57. The highest BCUT2D eigenvalue weighted by molar-refractivity contribution is 5.96. The molecule has 0 aliphatic rings. The Labute approximate surface area is 224 Å². The zero-order valence-electron chi connectivity index (χ0n) is 20.7. The van der Waals surface area contributed by atoms with Crippen molar-refractivity contribution in [3.05, 3.63) is 96.4 Å². The number of amides is 1. The van der Waals surface area contributed by atoms with Crippen LogP contribution < -0.4 is 16.0 Å². The highest BCUT2D eigenvalue weighted by Crippen LogP contribution is 2.21. The van der Waals surface area contributed by atoms with Crippen molar-refractivity contribution in [1.82, 2.24) is 20.3 Å². The largest absolute Gasteiger partial charge is 0.481 e. The molecule has 5 N–H and O–H groups in total. The molecular formula is C28H26N6O5. The summed E-state index contributed by atoms with van der Waals surface area (Å²) in [6.45, 7) is 0.481. The molecule has 0 radical (unpaired) electrons. The third-order valence-electron chi connectivity index (χ3n) is 5.69. The summed E-state index contributed by atoms with van der Waals surface area (Å²) in [5.74, 6) is -2.54.